The second-order valence-corrected chi connectivity index (χ2v) is 6.64. The summed E-state index contributed by atoms with van der Waals surface area (Å²) in [6, 6.07) is 7.40. The summed E-state index contributed by atoms with van der Waals surface area (Å²) in [4.78, 5) is 28.7. The quantitative estimate of drug-likeness (QED) is 0.669. The Labute approximate surface area is 147 Å². The van der Waals surface area contributed by atoms with Gasteiger partial charge in [0.2, 0.25) is 0 Å². The van der Waals surface area contributed by atoms with Crippen molar-refractivity contribution in [1.29, 1.82) is 0 Å². The summed E-state index contributed by atoms with van der Waals surface area (Å²) >= 11 is 1.01. The van der Waals surface area contributed by atoms with E-state index in [1.807, 2.05) is 24.3 Å². The number of nitrogens with zero attached hydrogens (tertiary/aromatic N) is 2. The van der Waals surface area contributed by atoms with Crippen LogP contribution in [0.5, 0.6) is 5.75 Å². The summed E-state index contributed by atoms with van der Waals surface area (Å²) in [5, 5.41) is -0.197. The van der Waals surface area contributed by atoms with E-state index in [1.165, 1.54) is 4.90 Å². The molecule has 1 aromatic rings. The molecule has 0 spiro atoms. The predicted octanol–water partition coefficient (Wildman–Crippen LogP) is 3.81. The summed E-state index contributed by atoms with van der Waals surface area (Å²) in [6.45, 7) is 6.33. The first-order valence-electron chi connectivity index (χ1n) is 8.20. The van der Waals surface area contributed by atoms with Crippen LogP contribution in [0.1, 0.15) is 32.3 Å². The van der Waals surface area contributed by atoms with E-state index < -0.39 is 0 Å². The number of hydrogen-bond donors (Lipinski definition) is 0. The number of ether oxygens (including phenoxy) is 1. The fourth-order valence-corrected chi connectivity index (χ4v) is 3.39. The minimum Gasteiger partial charge on any atom is -0.497 e. The number of rotatable bonds is 8. The molecule has 2 rings (SSSR count). The summed E-state index contributed by atoms with van der Waals surface area (Å²) < 4.78 is 5.12. The van der Waals surface area contributed by atoms with Gasteiger partial charge in [0.25, 0.3) is 11.1 Å². The van der Waals surface area contributed by atoms with Crippen LogP contribution in [0.4, 0.5) is 4.79 Å². The number of carbonyl (C=O) groups excluding carboxylic acids is 2. The smallest absolute Gasteiger partial charge is 0.294 e. The van der Waals surface area contributed by atoms with Gasteiger partial charge >= 0.3 is 0 Å². The van der Waals surface area contributed by atoms with Gasteiger partial charge in [0.1, 0.15) is 5.75 Å². The first-order valence-corrected chi connectivity index (χ1v) is 9.02. The molecule has 0 aliphatic carbocycles. The Morgan fingerprint density at radius 1 is 1.12 bits per heavy atom. The molecule has 1 saturated heterocycles. The Balaban J connectivity index is 2.10. The summed E-state index contributed by atoms with van der Waals surface area (Å²) in [5.41, 5.74) is 0.875. The van der Waals surface area contributed by atoms with E-state index in [0.717, 1.165) is 49.0 Å². The lowest BCUT2D eigenvalue weighted by Gasteiger charge is -2.25. The molecule has 24 heavy (non-hydrogen) atoms. The average Bonchev–Trinajstić information content (AvgIpc) is 2.83. The van der Waals surface area contributed by atoms with E-state index in [-0.39, 0.29) is 11.1 Å². The largest absolute Gasteiger partial charge is 0.497 e. The number of hydrogen-bond acceptors (Lipinski definition) is 5. The lowest BCUT2D eigenvalue weighted by atomic mass is 10.2. The fourth-order valence-electron chi connectivity index (χ4n) is 2.56. The molecule has 2 amide bonds. The zero-order chi connectivity index (χ0) is 17.5. The van der Waals surface area contributed by atoms with Crippen molar-refractivity contribution in [1.82, 2.24) is 9.80 Å². The number of imide groups is 1. The van der Waals surface area contributed by atoms with Crippen molar-refractivity contribution in [3.63, 3.8) is 0 Å². The maximum Gasteiger partial charge on any atom is 0.294 e. The van der Waals surface area contributed by atoms with Crippen molar-refractivity contribution in [3.8, 4) is 5.75 Å². The van der Waals surface area contributed by atoms with Gasteiger partial charge in [-0.25, -0.2) is 0 Å². The third-order valence-electron chi connectivity index (χ3n) is 3.71. The second-order valence-electron chi connectivity index (χ2n) is 5.64. The van der Waals surface area contributed by atoms with E-state index in [9.17, 15) is 9.59 Å². The highest BCUT2D eigenvalue weighted by atomic mass is 32.2. The lowest BCUT2D eigenvalue weighted by molar-refractivity contribution is -0.124. The van der Waals surface area contributed by atoms with E-state index in [1.54, 1.807) is 13.2 Å². The molecule has 0 bridgehead atoms. The molecule has 1 aliphatic rings. The molecule has 0 radical (unpaired) electrons. The van der Waals surface area contributed by atoms with Crippen molar-refractivity contribution in [2.24, 2.45) is 0 Å². The van der Waals surface area contributed by atoms with Gasteiger partial charge < -0.3 is 4.74 Å². The Morgan fingerprint density at radius 3 is 2.29 bits per heavy atom. The van der Waals surface area contributed by atoms with Crippen LogP contribution in [0, 0.1) is 0 Å². The Morgan fingerprint density at radius 2 is 1.75 bits per heavy atom. The molecule has 0 saturated carbocycles. The molecule has 0 atom stereocenters. The molecule has 0 N–H and O–H groups in total. The van der Waals surface area contributed by atoms with Gasteiger partial charge in [-0.15, -0.1) is 0 Å². The van der Waals surface area contributed by atoms with Crippen molar-refractivity contribution < 1.29 is 14.3 Å². The van der Waals surface area contributed by atoms with Crippen LogP contribution in [-0.4, -0.2) is 47.8 Å². The van der Waals surface area contributed by atoms with Crippen molar-refractivity contribution in [3.05, 3.63) is 34.7 Å². The number of methoxy groups -OCH3 is 1. The lowest BCUT2D eigenvalue weighted by Crippen LogP contribution is -2.41. The second kappa shape index (κ2) is 8.89. The normalized spacial score (nSPS) is 16.5. The minimum atomic E-state index is -0.210. The number of thioether (sulfide) groups is 1. The van der Waals surface area contributed by atoms with Gasteiger partial charge in [-0.2, -0.15) is 0 Å². The minimum absolute atomic E-state index is 0.197. The summed E-state index contributed by atoms with van der Waals surface area (Å²) in [6.07, 6.45) is 3.75. The van der Waals surface area contributed by atoms with Gasteiger partial charge in [-0.1, -0.05) is 26.0 Å². The molecule has 1 fully saturated rings. The zero-order valence-electron chi connectivity index (χ0n) is 14.4. The Hall–Kier alpha value is -1.79. The first kappa shape index (κ1) is 18.5. The Bertz CT molecular complexity index is 607. The van der Waals surface area contributed by atoms with Crippen LogP contribution in [0.25, 0.3) is 6.08 Å². The fraction of sp³-hybridized carbons (Fsp3) is 0.444. The van der Waals surface area contributed by atoms with E-state index >= 15 is 0 Å². The molecule has 130 valence electrons. The number of amides is 2. The van der Waals surface area contributed by atoms with E-state index in [4.69, 9.17) is 4.74 Å². The van der Waals surface area contributed by atoms with Crippen molar-refractivity contribution in [2.75, 3.05) is 26.9 Å². The molecular formula is C18H24N2O3S. The molecule has 1 aliphatic heterocycles. The molecule has 5 nitrogen and oxygen atoms in total. The average molecular weight is 348 g/mol. The molecule has 1 aromatic carbocycles. The third-order valence-corrected chi connectivity index (χ3v) is 4.62. The van der Waals surface area contributed by atoms with Gasteiger partial charge in [0, 0.05) is 0 Å². The van der Waals surface area contributed by atoms with E-state index in [0.29, 0.717) is 11.6 Å². The highest BCUT2D eigenvalue weighted by Crippen LogP contribution is 2.32. The maximum atomic E-state index is 12.6. The SMILES string of the molecule is CCCN(CCC)CN1C(=O)SC(=Cc2ccc(OC)cc2)C1=O. The van der Waals surface area contributed by atoms with E-state index in [2.05, 4.69) is 18.7 Å². The third kappa shape index (κ3) is 4.61. The van der Waals surface area contributed by atoms with Crippen LogP contribution in [0.15, 0.2) is 29.2 Å². The molecular weight excluding hydrogens is 324 g/mol. The van der Waals surface area contributed by atoms with Crippen LogP contribution >= 0.6 is 11.8 Å². The van der Waals surface area contributed by atoms with Gasteiger partial charge in [-0.05, 0) is 61.5 Å². The topological polar surface area (TPSA) is 49.9 Å². The molecule has 1 heterocycles. The van der Waals surface area contributed by atoms with Crippen LogP contribution in [0.3, 0.4) is 0 Å². The van der Waals surface area contributed by atoms with Crippen LogP contribution in [0.2, 0.25) is 0 Å². The highest BCUT2D eigenvalue weighted by Gasteiger charge is 2.35. The summed E-state index contributed by atoms with van der Waals surface area (Å²) in [5.74, 6) is 0.549. The van der Waals surface area contributed by atoms with Crippen LogP contribution in [-0.2, 0) is 4.79 Å². The first-order chi connectivity index (χ1) is 11.6. The number of carbonyl (C=O) groups is 2. The van der Waals surface area contributed by atoms with Gasteiger partial charge in [-0.3, -0.25) is 19.4 Å². The monoisotopic (exact) mass is 348 g/mol. The maximum absolute atomic E-state index is 12.6. The zero-order valence-corrected chi connectivity index (χ0v) is 15.3. The van der Waals surface area contributed by atoms with Gasteiger partial charge in [0.05, 0.1) is 18.7 Å². The molecule has 0 aromatic heterocycles. The molecule has 0 unspecified atom stereocenters. The Kier molecular flexibility index (Phi) is 6.87. The van der Waals surface area contributed by atoms with Crippen molar-refractivity contribution in [2.45, 2.75) is 26.7 Å². The predicted molar refractivity (Wildman–Crippen MR) is 97.8 cm³/mol. The summed E-state index contributed by atoms with van der Waals surface area (Å²) in [7, 11) is 1.61. The van der Waals surface area contributed by atoms with Gasteiger partial charge in [0.15, 0.2) is 0 Å². The van der Waals surface area contributed by atoms with Crippen LogP contribution < -0.4 is 4.74 Å². The standard InChI is InChI=1S/C18H24N2O3S/c1-4-10-19(11-5-2)13-20-17(21)16(24-18(20)22)12-14-6-8-15(23-3)9-7-14/h6-9,12H,4-5,10-11,13H2,1-3H3. The number of benzene rings is 1. The van der Waals surface area contributed by atoms with Crippen molar-refractivity contribution >= 4 is 29.0 Å². The molecule has 6 heteroatoms. The highest BCUT2D eigenvalue weighted by molar-refractivity contribution is 8.18.